The van der Waals surface area contributed by atoms with Crippen LogP contribution in [0.25, 0.3) is 0 Å². The summed E-state index contributed by atoms with van der Waals surface area (Å²) in [6, 6.07) is 0.369. The van der Waals surface area contributed by atoms with Gasteiger partial charge in [-0.05, 0) is 45.7 Å². The van der Waals surface area contributed by atoms with Crippen LogP contribution in [0.2, 0.25) is 0 Å². The topological polar surface area (TPSA) is 41.6 Å². The molecule has 1 heterocycles. The molecule has 1 saturated carbocycles. The van der Waals surface area contributed by atoms with Crippen LogP contribution in [0.15, 0.2) is 4.99 Å². The van der Waals surface area contributed by atoms with E-state index in [4.69, 9.17) is 10.7 Å². The van der Waals surface area contributed by atoms with Gasteiger partial charge in [0.25, 0.3) is 0 Å². The van der Waals surface area contributed by atoms with E-state index in [0.29, 0.717) is 12.0 Å². The van der Waals surface area contributed by atoms with E-state index in [9.17, 15) is 0 Å². The Balaban J connectivity index is 1.78. The van der Waals surface area contributed by atoms with Crippen molar-refractivity contribution in [2.24, 2.45) is 16.6 Å². The summed E-state index contributed by atoms with van der Waals surface area (Å²) in [7, 11) is 0. The third-order valence-electron chi connectivity index (χ3n) is 4.11. The molecule has 2 aliphatic rings. The van der Waals surface area contributed by atoms with Crippen molar-refractivity contribution in [2.45, 2.75) is 57.9 Å². The number of nitrogens with two attached hydrogens (primary N) is 1. The largest absolute Gasteiger partial charge is 0.387 e. The minimum Gasteiger partial charge on any atom is -0.387 e. The predicted molar refractivity (Wildman–Crippen MR) is 73.3 cm³/mol. The van der Waals surface area contributed by atoms with Gasteiger partial charge in [0.1, 0.15) is 0 Å². The zero-order valence-electron chi connectivity index (χ0n) is 11.2. The van der Waals surface area contributed by atoms with Gasteiger partial charge in [-0.1, -0.05) is 19.3 Å². The minimum atomic E-state index is 0.369. The van der Waals surface area contributed by atoms with Crippen molar-refractivity contribution < 1.29 is 0 Å². The Kier molecular flexibility index (Phi) is 4.84. The fourth-order valence-electron chi connectivity index (χ4n) is 3.14. The molecule has 0 spiro atoms. The van der Waals surface area contributed by atoms with Crippen molar-refractivity contribution in [1.29, 1.82) is 0 Å². The van der Waals surface area contributed by atoms with E-state index in [2.05, 4.69) is 11.8 Å². The molecule has 0 radical (unpaired) electrons. The van der Waals surface area contributed by atoms with Crippen LogP contribution in [0.1, 0.15) is 51.9 Å². The number of piperidine rings is 1. The van der Waals surface area contributed by atoms with Gasteiger partial charge < -0.3 is 10.6 Å². The lowest BCUT2D eigenvalue weighted by Gasteiger charge is -2.28. The molecule has 3 heteroatoms. The highest BCUT2D eigenvalue weighted by molar-refractivity contribution is 5.83. The van der Waals surface area contributed by atoms with Gasteiger partial charge in [0, 0.05) is 12.5 Å². The van der Waals surface area contributed by atoms with E-state index in [0.717, 1.165) is 12.4 Å². The first-order chi connectivity index (χ1) is 8.25. The molecule has 17 heavy (non-hydrogen) atoms. The lowest BCUT2D eigenvalue weighted by atomic mass is 10.1. The Morgan fingerprint density at radius 1 is 1.18 bits per heavy atom. The molecule has 1 atom stereocenters. The molecule has 0 amide bonds. The van der Waals surface area contributed by atoms with E-state index < -0.39 is 0 Å². The van der Waals surface area contributed by atoms with Crippen LogP contribution in [-0.4, -0.2) is 36.4 Å². The first kappa shape index (κ1) is 12.9. The third kappa shape index (κ3) is 3.98. The molecule has 1 aliphatic heterocycles. The summed E-state index contributed by atoms with van der Waals surface area (Å²) < 4.78 is 0. The first-order valence-corrected chi connectivity index (χ1v) is 7.31. The molecular formula is C14H27N3. The summed E-state index contributed by atoms with van der Waals surface area (Å²) in [5, 5.41) is 0. The van der Waals surface area contributed by atoms with E-state index >= 15 is 0 Å². The molecule has 1 saturated heterocycles. The lowest BCUT2D eigenvalue weighted by Crippen LogP contribution is -2.36. The Morgan fingerprint density at radius 2 is 1.82 bits per heavy atom. The highest BCUT2D eigenvalue weighted by Crippen LogP contribution is 2.24. The second kappa shape index (κ2) is 6.39. The molecular weight excluding hydrogens is 210 g/mol. The number of nitrogens with zero attached hydrogens (tertiary/aromatic N) is 2. The highest BCUT2D eigenvalue weighted by Gasteiger charge is 2.19. The zero-order chi connectivity index (χ0) is 12.1. The van der Waals surface area contributed by atoms with Crippen LogP contribution in [0, 0.1) is 5.92 Å². The van der Waals surface area contributed by atoms with Crippen LogP contribution in [0.5, 0.6) is 0 Å². The normalized spacial score (nSPS) is 26.3. The van der Waals surface area contributed by atoms with Gasteiger partial charge >= 0.3 is 0 Å². The van der Waals surface area contributed by atoms with Crippen molar-refractivity contribution in [2.75, 3.05) is 19.6 Å². The van der Waals surface area contributed by atoms with E-state index in [-0.39, 0.29) is 0 Å². The van der Waals surface area contributed by atoms with Gasteiger partial charge in [0.2, 0.25) is 0 Å². The van der Waals surface area contributed by atoms with Crippen molar-refractivity contribution in [3.8, 4) is 0 Å². The van der Waals surface area contributed by atoms with Crippen LogP contribution in [0.4, 0.5) is 0 Å². The lowest BCUT2D eigenvalue weighted by molar-refractivity contribution is 0.220. The molecule has 2 fully saturated rings. The molecule has 0 aromatic heterocycles. The first-order valence-electron chi connectivity index (χ1n) is 7.31. The maximum atomic E-state index is 6.12. The van der Waals surface area contributed by atoms with Crippen LogP contribution in [0.3, 0.4) is 0 Å². The fourth-order valence-corrected chi connectivity index (χ4v) is 3.14. The maximum absolute atomic E-state index is 6.12. The van der Waals surface area contributed by atoms with Crippen molar-refractivity contribution in [3.63, 3.8) is 0 Å². The van der Waals surface area contributed by atoms with E-state index in [1.807, 2.05) is 0 Å². The van der Waals surface area contributed by atoms with E-state index in [1.54, 1.807) is 0 Å². The fraction of sp³-hybridized carbons (Fsp3) is 0.929. The molecule has 2 N–H and O–H groups in total. The van der Waals surface area contributed by atoms with Gasteiger partial charge in [0.05, 0.1) is 11.9 Å². The van der Waals surface area contributed by atoms with Gasteiger partial charge in [-0.25, -0.2) is 0 Å². The summed E-state index contributed by atoms with van der Waals surface area (Å²) >= 11 is 0. The summed E-state index contributed by atoms with van der Waals surface area (Å²) in [6.45, 7) is 5.80. The zero-order valence-corrected chi connectivity index (χ0v) is 11.2. The quantitative estimate of drug-likeness (QED) is 0.602. The molecule has 1 aliphatic carbocycles. The molecule has 2 rings (SSSR count). The van der Waals surface area contributed by atoms with Gasteiger partial charge in [-0.2, -0.15) is 0 Å². The number of aliphatic imine (C=N–C) groups is 1. The Bertz CT molecular complexity index is 250. The maximum Gasteiger partial charge on any atom is 0.0972 e. The molecule has 0 aromatic rings. The number of rotatable bonds is 4. The van der Waals surface area contributed by atoms with Gasteiger partial charge in [0.15, 0.2) is 0 Å². The average Bonchev–Trinajstić information content (AvgIpc) is 2.83. The summed E-state index contributed by atoms with van der Waals surface area (Å²) in [5.74, 6) is 1.51. The summed E-state index contributed by atoms with van der Waals surface area (Å²) in [4.78, 5) is 7.25. The molecule has 0 aromatic carbocycles. The van der Waals surface area contributed by atoms with Crippen LogP contribution < -0.4 is 5.73 Å². The minimum absolute atomic E-state index is 0.369. The Labute approximate surface area is 105 Å². The number of amidine groups is 1. The van der Waals surface area contributed by atoms with Crippen LogP contribution >= 0.6 is 0 Å². The SMILES string of the molecule is CC(CN1CCCCC1)N=C(N)C1CCCC1. The average molecular weight is 237 g/mol. The third-order valence-corrected chi connectivity index (χ3v) is 4.11. The van der Waals surface area contributed by atoms with Gasteiger partial charge in [-0.15, -0.1) is 0 Å². The van der Waals surface area contributed by atoms with Crippen molar-refractivity contribution in [3.05, 3.63) is 0 Å². The number of hydrogen-bond acceptors (Lipinski definition) is 2. The smallest absolute Gasteiger partial charge is 0.0972 e. The Morgan fingerprint density at radius 3 is 2.47 bits per heavy atom. The number of likely N-dealkylation sites (tertiary alicyclic amines) is 1. The molecule has 0 bridgehead atoms. The van der Waals surface area contributed by atoms with Crippen LogP contribution in [-0.2, 0) is 0 Å². The summed E-state index contributed by atoms with van der Waals surface area (Å²) in [5.41, 5.74) is 6.12. The monoisotopic (exact) mass is 237 g/mol. The van der Waals surface area contributed by atoms with E-state index in [1.165, 1.54) is 58.0 Å². The van der Waals surface area contributed by atoms with Crippen molar-refractivity contribution in [1.82, 2.24) is 4.90 Å². The molecule has 98 valence electrons. The second-order valence-corrected chi connectivity index (χ2v) is 5.75. The molecule has 3 nitrogen and oxygen atoms in total. The Hall–Kier alpha value is -0.570. The summed E-state index contributed by atoms with van der Waals surface area (Å²) in [6.07, 6.45) is 9.29. The second-order valence-electron chi connectivity index (χ2n) is 5.75. The standard InChI is InChI=1S/C14H27N3/c1-12(11-17-9-5-2-6-10-17)16-14(15)13-7-3-4-8-13/h12-13H,2-11H2,1H3,(H2,15,16). The van der Waals surface area contributed by atoms with Crippen molar-refractivity contribution >= 4 is 5.84 Å². The van der Waals surface area contributed by atoms with Gasteiger partial charge in [-0.3, -0.25) is 4.99 Å². The molecule has 1 unspecified atom stereocenters. The predicted octanol–water partition coefficient (Wildman–Crippen LogP) is 2.41. The number of hydrogen-bond donors (Lipinski definition) is 1. The highest BCUT2D eigenvalue weighted by atomic mass is 15.1.